The first-order chi connectivity index (χ1) is 12.5. The van der Waals surface area contributed by atoms with Gasteiger partial charge < -0.3 is 10.1 Å². The van der Waals surface area contributed by atoms with E-state index in [1.807, 2.05) is 13.8 Å². The summed E-state index contributed by atoms with van der Waals surface area (Å²) in [6.07, 6.45) is 9.75. The Hall–Kier alpha value is -1.18. The normalized spacial score (nSPS) is 22.8. The zero-order chi connectivity index (χ0) is 18.6. The van der Waals surface area contributed by atoms with E-state index in [1.54, 1.807) is 12.1 Å². The van der Waals surface area contributed by atoms with Crippen LogP contribution in [0.1, 0.15) is 65.2 Å². The van der Waals surface area contributed by atoms with E-state index in [1.165, 1.54) is 19.0 Å². The van der Waals surface area contributed by atoms with Crippen LogP contribution in [0.25, 0.3) is 0 Å². The van der Waals surface area contributed by atoms with Crippen LogP contribution in [0, 0.1) is 0 Å². The molecule has 1 aromatic rings. The van der Waals surface area contributed by atoms with Crippen LogP contribution in [0.15, 0.2) is 23.2 Å². The van der Waals surface area contributed by atoms with Gasteiger partial charge in [0.2, 0.25) is 10.0 Å². The molecule has 1 aliphatic heterocycles. The fourth-order valence-electron chi connectivity index (χ4n) is 4.10. The van der Waals surface area contributed by atoms with E-state index >= 15 is 0 Å². The number of hydrogen-bond acceptors (Lipinski definition) is 5. The summed E-state index contributed by atoms with van der Waals surface area (Å²) in [5.41, 5.74) is 0.0540. The van der Waals surface area contributed by atoms with Crippen LogP contribution in [-0.2, 0) is 14.8 Å². The number of pyridine rings is 1. The summed E-state index contributed by atoms with van der Waals surface area (Å²) in [6.45, 7) is 4.74. The predicted molar refractivity (Wildman–Crippen MR) is 103 cm³/mol. The van der Waals surface area contributed by atoms with Crippen LogP contribution >= 0.6 is 0 Å². The van der Waals surface area contributed by atoms with Crippen molar-refractivity contribution in [2.24, 2.45) is 0 Å². The average Bonchev–Trinajstić information content (AvgIpc) is 3.07. The second kappa shape index (κ2) is 8.23. The van der Waals surface area contributed by atoms with Crippen molar-refractivity contribution < 1.29 is 13.2 Å². The minimum absolute atomic E-state index is 0.0392. The standard InChI is InChI=1S/C19H31N3O3S/c1-3-15(4-2)22-26(23,24)17-7-8-18(20-14-17)21-16-9-12-25-19(13-16)10-5-6-11-19/h7-8,14-16,22H,3-6,9-13H2,1-2H3,(H,20,21). The molecule has 0 bridgehead atoms. The summed E-state index contributed by atoms with van der Waals surface area (Å²) in [6, 6.07) is 3.69. The molecule has 1 atom stereocenters. The van der Waals surface area contributed by atoms with Crippen LogP contribution in [0.5, 0.6) is 0 Å². The van der Waals surface area contributed by atoms with Crippen molar-refractivity contribution in [2.45, 2.75) is 87.8 Å². The number of sulfonamides is 1. The minimum Gasteiger partial charge on any atom is -0.375 e. The molecule has 1 aromatic heterocycles. The molecule has 26 heavy (non-hydrogen) atoms. The molecule has 1 spiro atoms. The second-order valence-corrected chi connectivity index (χ2v) is 9.30. The van der Waals surface area contributed by atoms with Crippen LogP contribution in [-0.4, -0.2) is 37.7 Å². The smallest absolute Gasteiger partial charge is 0.242 e. The molecule has 1 unspecified atom stereocenters. The third-order valence-corrected chi connectivity index (χ3v) is 7.22. The molecular weight excluding hydrogens is 350 g/mol. The van der Waals surface area contributed by atoms with Gasteiger partial charge in [0.15, 0.2) is 0 Å². The Kier molecular flexibility index (Phi) is 6.20. The maximum atomic E-state index is 12.4. The van der Waals surface area contributed by atoms with Crippen molar-refractivity contribution >= 4 is 15.8 Å². The predicted octanol–water partition coefficient (Wildman–Crippen LogP) is 3.45. The average molecular weight is 382 g/mol. The number of aromatic nitrogens is 1. The van der Waals surface area contributed by atoms with E-state index < -0.39 is 10.0 Å². The van der Waals surface area contributed by atoms with Crippen LogP contribution in [0.2, 0.25) is 0 Å². The van der Waals surface area contributed by atoms with Gasteiger partial charge in [0.1, 0.15) is 10.7 Å². The van der Waals surface area contributed by atoms with Gasteiger partial charge in [0.05, 0.1) is 5.60 Å². The lowest BCUT2D eigenvalue weighted by molar-refractivity contribution is -0.0767. The lowest BCUT2D eigenvalue weighted by Gasteiger charge is -2.38. The Morgan fingerprint density at radius 3 is 2.62 bits per heavy atom. The maximum Gasteiger partial charge on any atom is 0.242 e. The van der Waals surface area contributed by atoms with E-state index in [0.29, 0.717) is 6.04 Å². The monoisotopic (exact) mass is 381 g/mol. The summed E-state index contributed by atoms with van der Waals surface area (Å²) in [7, 11) is -3.51. The molecule has 0 amide bonds. The van der Waals surface area contributed by atoms with Gasteiger partial charge in [0, 0.05) is 24.9 Å². The Morgan fingerprint density at radius 2 is 2.00 bits per heavy atom. The van der Waals surface area contributed by atoms with Gasteiger partial charge in [-0.15, -0.1) is 0 Å². The second-order valence-electron chi connectivity index (χ2n) is 7.59. The summed E-state index contributed by atoms with van der Waals surface area (Å²) in [4.78, 5) is 4.56. The molecule has 6 nitrogen and oxygen atoms in total. The first-order valence-corrected chi connectivity index (χ1v) is 11.3. The molecule has 7 heteroatoms. The highest BCUT2D eigenvalue weighted by Gasteiger charge is 2.39. The molecule has 2 heterocycles. The lowest BCUT2D eigenvalue weighted by Crippen LogP contribution is -2.42. The zero-order valence-electron chi connectivity index (χ0n) is 15.8. The fourth-order valence-corrected chi connectivity index (χ4v) is 5.44. The summed E-state index contributed by atoms with van der Waals surface area (Å²) in [5.74, 6) is 0.728. The molecule has 146 valence electrons. The summed E-state index contributed by atoms with van der Waals surface area (Å²) in [5, 5.41) is 3.47. The van der Waals surface area contributed by atoms with Gasteiger partial charge in [0.25, 0.3) is 0 Å². The van der Waals surface area contributed by atoms with Crippen molar-refractivity contribution in [3.8, 4) is 0 Å². The van der Waals surface area contributed by atoms with Crippen molar-refractivity contribution in [3.05, 3.63) is 18.3 Å². The third-order valence-electron chi connectivity index (χ3n) is 5.71. The summed E-state index contributed by atoms with van der Waals surface area (Å²) >= 11 is 0. The van der Waals surface area contributed by atoms with Crippen LogP contribution in [0.3, 0.4) is 0 Å². The maximum absolute atomic E-state index is 12.4. The third kappa shape index (κ3) is 4.56. The van der Waals surface area contributed by atoms with Crippen LogP contribution < -0.4 is 10.0 Å². The highest BCUT2D eigenvalue weighted by atomic mass is 32.2. The van der Waals surface area contributed by atoms with E-state index in [4.69, 9.17) is 4.74 Å². The van der Waals surface area contributed by atoms with E-state index in [-0.39, 0.29) is 16.5 Å². The quantitative estimate of drug-likeness (QED) is 0.756. The molecule has 2 aliphatic rings. The van der Waals surface area contributed by atoms with Crippen molar-refractivity contribution in [1.82, 2.24) is 9.71 Å². The highest BCUT2D eigenvalue weighted by Crippen LogP contribution is 2.40. The largest absolute Gasteiger partial charge is 0.375 e. The molecule has 2 N–H and O–H groups in total. The SMILES string of the molecule is CCC(CC)NS(=O)(=O)c1ccc(NC2CCOC3(CCCC3)C2)nc1. The van der Waals surface area contributed by atoms with Gasteiger partial charge in [-0.05, 0) is 50.7 Å². The van der Waals surface area contributed by atoms with Gasteiger partial charge in [-0.2, -0.15) is 0 Å². The Labute approximate surface area is 157 Å². The summed E-state index contributed by atoms with van der Waals surface area (Å²) < 4.78 is 33.7. The minimum atomic E-state index is -3.51. The topological polar surface area (TPSA) is 80.3 Å². The first kappa shape index (κ1) is 19.6. The van der Waals surface area contributed by atoms with E-state index in [9.17, 15) is 8.42 Å². The lowest BCUT2D eigenvalue weighted by atomic mass is 9.89. The first-order valence-electron chi connectivity index (χ1n) is 9.85. The molecular formula is C19H31N3O3S. The number of nitrogens with one attached hydrogen (secondary N) is 2. The van der Waals surface area contributed by atoms with E-state index in [0.717, 1.165) is 50.9 Å². The number of rotatable bonds is 7. The van der Waals surface area contributed by atoms with Crippen LogP contribution in [0.4, 0.5) is 5.82 Å². The Morgan fingerprint density at radius 1 is 1.27 bits per heavy atom. The number of ether oxygens (including phenoxy) is 1. The Bertz CT molecular complexity index is 680. The van der Waals surface area contributed by atoms with Crippen molar-refractivity contribution in [3.63, 3.8) is 0 Å². The molecule has 2 fully saturated rings. The van der Waals surface area contributed by atoms with Gasteiger partial charge in [-0.1, -0.05) is 26.7 Å². The fraction of sp³-hybridized carbons (Fsp3) is 0.737. The highest BCUT2D eigenvalue weighted by molar-refractivity contribution is 7.89. The van der Waals surface area contributed by atoms with Crippen molar-refractivity contribution in [2.75, 3.05) is 11.9 Å². The molecule has 1 aliphatic carbocycles. The van der Waals surface area contributed by atoms with Gasteiger partial charge in [-0.25, -0.2) is 18.1 Å². The molecule has 1 saturated heterocycles. The molecule has 0 aromatic carbocycles. The molecule has 0 radical (unpaired) electrons. The molecule has 3 rings (SSSR count). The zero-order valence-corrected chi connectivity index (χ0v) is 16.6. The number of hydrogen-bond donors (Lipinski definition) is 2. The Balaban J connectivity index is 1.62. The van der Waals surface area contributed by atoms with Gasteiger partial charge >= 0.3 is 0 Å². The van der Waals surface area contributed by atoms with Gasteiger partial charge in [-0.3, -0.25) is 0 Å². The number of nitrogens with zero attached hydrogens (tertiary/aromatic N) is 1. The number of anilines is 1. The molecule has 1 saturated carbocycles. The van der Waals surface area contributed by atoms with E-state index in [2.05, 4.69) is 15.0 Å². The van der Waals surface area contributed by atoms with Crippen molar-refractivity contribution in [1.29, 1.82) is 0 Å².